The van der Waals surface area contributed by atoms with Crippen LogP contribution in [0.5, 0.6) is 5.75 Å². The van der Waals surface area contributed by atoms with Crippen LogP contribution in [0.25, 0.3) is 0 Å². The number of piperidine rings is 1. The number of nitrogens with zero attached hydrogens (tertiary/aromatic N) is 1. The first-order chi connectivity index (χ1) is 9.04. The average Bonchev–Trinajstić information content (AvgIpc) is 2.85. The molecule has 2 heterocycles. The van der Waals surface area contributed by atoms with Gasteiger partial charge in [0.15, 0.2) is 0 Å². The largest absolute Gasteiger partial charge is 0.496 e. The first-order valence-electron chi connectivity index (χ1n) is 6.21. The van der Waals surface area contributed by atoms with Gasteiger partial charge in [0.25, 0.3) is 5.91 Å². The summed E-state index contributed by atoms with van der Waals surface area (Å²) in [5.41, 5.74) is 0. The van der Waals surface area contributed by atoms with Gasteiger partial charge in [0.1, 0.15) is 11.8 Å². The van der Waals surface area contributed by atoms with Crippen molar-refractivity contribution in [3.63, 3.8) is 0 Å². The van der Waals surface area contributed by atoms with Crippen molar-refractivity contribution in [2.45, 2.75) is 25.8 Å². The number of aliphatic carboxylic acids is 1. The van der Waals surface area contributed by atoms with E-state index in [0.717, 1.165) is 12.8 Å². The van der Waals surface area contributed by atoms with Crippen molar-refractivity contribution in [2.24, 2.45) is 5.92 Å². The van der Waals surface area contributed by atoms with Gasteiger partial charge in [0, 0.05) is 18.0 Å². The number of rotatable bonds is 3. The first kappa shape index (κ1) is 13.9. The minimum absolute atomic E-state index is 0.0166. The number of carbonyl (C=O) groups is 2. The number of likely N-dealkylation sites (tertiary alicyclic amines) is 1. The maximum atomic E-state index is 12.4. The molecule has 0 saturated carbocycles. The predicted molar refractivity (Wildman–Crippen MR) is 71.7 cm³/mol. The molecule has 0 aromatic carbocycles. The zero-order valence-electron chi connectivity index (χ0n) is 11.0. The molecule has 1 aliphatic rings. The SMILES string of the molecule is COc1csc(C(=O)N2CCCC(C)C2C(=O)O)c1. The number of carboxylic acid groups (broad SMARTS) is 1. The van der Waals surface area contributed by atoms with E-state index in [1.165, 1.54) is 16.2 Å². The van der Waals surface area contributed by atoms with Crippen LogP contribution in [0.1, 0.15) is 29.4 Å². The van der Waals surface area contributed by atoms with Crippen LogP contribution in [0.3, 0.4) is 0 Å². The second-order valence-corrected chi connectivity index (χ2v) is 5.66. The topological polar surface area (TPSA) is 66.8 Å². The molecule has 1 amide bonds. The number of carboxylic acids is 1. The number of amides is 1. The molecule has 1 aromatic rings. The Hall–Kier alpha value is -1.56. The number of hydrogen-bond acceptors (Lipinski definition) is 4. The third-order valence-electron chi connectivity index (χ3n) is 3.47. The fourth-order valence-electron chi connectivity index (χ4n) is 2.47. The summed E-state index contributed by atoms with van der Waals surface area (Å²) in [6, 6.07) is 0.930. The molecule has 5 nitrogen and oxygen atoms in total. The van der Waals surface area contributed by atoms with Crippen LogP contribution in [-0.4, -0.2) is 41.6 Å². The molecule has 2 atom stereocenters. The number of methoxy groups -OCH3 is 1. The number of ether oxygens (including phenoxy) is 1. The highest BCUT2D eigenvalue weighted by Gasteiger charge is 2.37. The van der Waals surface area contributed by atoms with Crippen LogP contribution in [-0.2, 0) is 4.79 Å². The standard InChI is InChI=1S/C13H17NO4S/c1-8-4-3-5-14(11(8)13(16)17)12(15)10-6-9(18-2)7-19-10/h6-8,11H,3-5H2,1-2H3,(H,16,17). The van der Waals surface area contributed by atoms with Gasteiger partial charge < -0.3 is 14.7 Å². The summed E-state index contributed by atoms with van der Waals surface area (Å²) in [5, 5.41) is 11.1. The molecule has 0 spiro atoms. The van der Waals surface area contributed by atoms with E-state index < -0.39 is 12.0 Å². The van der Waals surface area contributed by atoms with E-state index in [1.54, 1.807) is 18.6 Å². The van der Waals surface area contributed by atoms with Crippen molar-refractivity contribution >= 4 is 23.2 Å². The second-order valence-electron chi connectivity index (χ2n) is 4.75. The second kappa shape index (κ2) is 5.61. The van der Waals surface area contributed by atoms with Crippen LogP contribution in [0, 0.1) is 5.92 Å². The lowest BCUT2D eigenvalue weighted by molar-refractivity contribution is -0.145. The lowest BCUT2D eigenvalue weighted by Gasteiger charge is -2.37. The van der Waals surface area contributed by atoms with E-state index >= 15 is 0 Å². The van der Waals surface area contributed by atoms with Crippen molar-refractivity contribution < 1.29 is 19.4 Å². The Morgan fingerprint density at radius 1 is 1.53 bits per heavy atom. The molecule has 1 aromatic heterocycles. The zero-order chi connectivity index (χ0) is 14.0. The van der Waals surface area contributed by atoms with Gasteiger partial charge in [-0.1, -0.05) is 6.92 Å². The van der Waals surface area contributed by atoms with Crippen molar-refractivity contribution in [1.29, 1.82) is 0 Å². The van der Waals surface area contributed by atoms with Crippen molar-refractivity contribution in [3.05, 3.63) is 16.3 Å². The highest BCUT2D eigenvalue weighted by atomic mass is 32.1. The van der Waals surface area contributed by atoms with Crippen LogP contribution in [0.4, 0.5) is 0 Å². The average molecular weight is 283 g/mol. The summed E-state index contributed by atoms with van der Waals surface area (Å²) in [6.45, 7) is 2.38. The Morgan fingerprint density at radius 2 is 2.26 bits per heavy atom. The van der Waals surface area contributed by atoms with E-state index in [4.69, 9.17) is 4.74 Å². The minimum atomic E-state index is -0.927. The Morgan fingerprint density at radius 3 is 2.84 bits per heavy atom. The normalized spacial score (nSPS) is 23.2. The van der Waals surface area contributed by atoms with Crippen molar-refractivity contribution in [3.8, 4) is 5.75 Å². The maximum absolute atomic E-state index is 12.4. The van der Waals surface area contributed by atoms with Crippen LogP contribution in [0.2, 0.25) is 0 Å². The van der Waals surface area contributed by atoms with E-state index in [2.05, 4.69) is 0 Å². The third kappa shape index (κ3) is 2.73. The Labute approximate surface area is 115 Å². The van der Waals surface area contributed by atoms with E-state index in [1.807, 2.05) is 6.92 Å². The molecule has 1 aliphatic heterocycles. The van der Waals surface area contributed by atoms with Gasteiger partial charge in [0.2, 0.25) is 0 Å². The van der Waals surface area contributed by atoms with Crippen LogP contribution in [0.15, 0.2) is 11.4 Å². The molecular formula is C13H17NO4S. The van der Waals surface area contributed by atoms with Gasteiger partial charge in [-0.2, -0.15) is 0 Å². The Kier molecular flexibility index (Phi) is 4.09. The van der Waals surface area contributed by atoms with Gasteiger partial charge in [-0.25, -0.2) is 4.79 Å². The summed E-state index contributed by atoms with van der Waals surface area (Å²) in [4.78, 5) is 25.8. The fraction of sp³-hybridized carbons (Fsp3) is 0.538. The van der Waals surface area contributed by atoms with Gasteiger partial charge in [-0.15, -0.1) is 11.3 Å². The molecule has 0 bridgehead atoms. The van der Waals surface area contributed by atoms with Crippen LogP contribution >= 0.6 is 11.3 Å². The summed E-state index contributed by atoms with van der Waals surface area (Å²) < 4.78 is 5.05. The third-order valence-corrected chi connectivity index (χ3v) is 4.37. The molecule has 6 heteroatoms. The van der Waals surface area contributed by atoms with E-state index in [0.29, 0.717) is 17.2 Å². The molecule has 1 fully saturated rings. The van der Waals surface area contributed by atoms with E-state index in [-0.39, 0.29) is 11.8 Å². The molecule has 19 heavy (non-hydrogen) atoms. The summed E-state index contributed by atoms with van der Waals surface area (Å²) in [6.07, 6.45) is 1.69. The molecule has 0 radical (unpaired) electrons. The summed E-state index contributed by atoms with van der Waals surface area (Å²) in [5.74, 6) is -0.529. The molecule has 0 aliphatic carbocycles. The van der Waals surface area contributed by atoms with Crippen LogP contribution < -0.4 is 4.74 Å². The van der Waals surface area contributed by atoms with Crippen molar-refractivity contribution in [2.75, 3.05) is 13.7 Å². The van der Waals surface area contributed by atoms with Crippen molar-refractivity contribution in [1.82, 2.24) is 4.90 Å². The Balaban J connectivity index is 2.22. The Bertz CT molecular complexity index is 485. The quantitative estimate of drug-likeness (QED) is 0.922. The smallest absolute Gasteiger partial charge is 0.326 e. The van der Waals surface area contributed by atoms with Gasteiger partial charge in [0.05, 0.1) is 12.0 Å². The number of carbonyl (C=O) groups excluding carboxylic acids is 1. The predicted octanol–water partition coefficient (Wildman–Crippen LogP) is 2.08. The monoisotopic (exact) mass is 283 g/mol. The number of hydrogen-bond donors (Lipinski definition) is 1. The molecular weight excluding hydrogens is 266 g/mol. The fourth-order valence-corrected chi connectivity index (χ4v) is 3.28. The zero-order valence-corrected chi connectivity index (χ0v) is 11.8. The highest BCUT2D eigenvalue weighted by Crippen LogP contribution is 2.28. The summed E-state index contributed by atoms with van der Waals surface area (Å²) in [7, 11) is 1.54. The molecule has 1 saturated heterocycles. The first-order valence-corrected chi connectivity index (χ1v) is 7.09. The van der Waals surface area contributed by atoms with Gasteiger partial charge >= 0.3 is 5.97 Å². The van der Waals surface area contributed by atoms with Gasteiger partial charge in [-0.05, 0) is 18.8 Å². The minimum Gasteiger partial charge on any atom is -0.496 e. The lowest BCUT2D eigenvalue weighted by Crippen LogP contribution is -2.51. The number of thiophene rings is 1. The lowest BCUT2D eigenvalue weighted by atomic mass is 9.90. The molecule has 2 unspecified atom stereocenters. The summed E-state index contributed by atoms with van der Waals surface area (Å²) >= 11 is 1.28. The maximum Gasteiger partial charge on any atom is 0.326 e. The molecule has 2 rings (SSSR count). The molecule has 1 N–H and O–H groups in total. The highest BCUT2D eigenvalue weighted by molar-refractivity contribution is 7.12. The molecule has 104 valence electrons. The van der Waals surface area contributed by atoms with E-state index in [9.17, 15) is 14.7 Å². The van der Waals surface area contributed by atoms with Gasteiger partial charge in [-0.3, -0.25) is 4.79 Å².